The molecule has 0 fully saturated rings. The standard InChI is InChI=1S/C13H18N4/c1-9-5-10(2)13(11(3)6-9)14-7-12-8-17(4)16-15-12/h5-6,8,14H,7H2,1-4H3. The first-order valence-electron chi connectivity index (χ1n) is 5.73. The molecule has 0 spiro atoms. The van der Waals surface area contributed by atoms with E-state index in [1.807, 2.05) is 13.2 Å². The molecule has 1 aromatic carbocycles. The zero-order valence-corrected chi connectivity index (χ0v) is 10.8. The van der Waals surface area contributed by atoms with Crippen molar-refractivity contribution >= 4 is 5.69 Å². The summed E-state index contributed by atoms with van der Waals surface area (Å²) in [6.07, 6.45) is 1.92. The number of hydrogen-bond donors (Lipinski definition) is 1. The Morgan fingerprint density at radius 3 is 2.35 bits per heavy atom. The van der Waals surface area contributed by atoms with E-state index in [0.29, 0.717) is 6.54 Å². The zero-order chi connectivity index (χ0) is 12.4. The summed E-state index contributed by atoms with van der Waals surface area (Å²) in [5, 5.41) is 11.4. The lowest BCUT2D eigenvalue weighted by molar-refractivity contribution is 0.713. The van der Waals surface area contributed by atoms with Crippen molar-refractivity contribution in [1.29, 1.82) is 0 Å². The van der Waals surface area contributed by atoms with Crippen molar-refractivity contribution in [3.8, 4) is 0 Å². The van der Waals surface area contributed by atoms with Gasteiger partial charge < -0.3 is 5.32 Å². The van der Waals surface area contributed by atoms with Crippen LogP contribution in [0.2, 0.25) is 0 Å². The molecule has 4 nitrogen and oxygen atoms in total. The number of anilines is 1. The quantitative estimate of drug-likeness (QED) is 0.880. The van der Waals surface area contributed by atoms with Crippen molar-refractivity contribution in [3.63, 3.8) is 0 Å². The van der Waals surface area contributed by atoms with Crippen LogP contribution in [0.15, 0.2) is 18.3 Å². The van der Waals surface area contributed by atoms with Crippen LogP contribution in [-0.4, -0.2) is 15.0 Å². The second kappa shape index (κ2) is 4.57. The van der Waals surface area contributed by atoms with Gasteiger partial charge in [0.15, 0.2) is 0 Å². The maximum absolute atomic E-state index is 4.06. The number of nitrogens with one attached hydrogen (secondary N) is 1. The third-order valence-electron chi connectivity index (χ3n) is 2.77. The van der Waals surface area contributed by atoms with Crippen LogP contribution in [-0.2, 0) is 13.6 Å². The zero-order valence-electron chi connectivity index (χ0n) is 10.8. The van der Waals surface area contributed by atoms with E-state index in [-0.39, 0.29) is 0 Å². The van der Waals surface area contributed by atoms with Crippen molar-refractivity contribution in [2.45, 2.75) is 27.3 Å². The van der Waals surface area contributed by atoms with Gasteiger partial charge in [0.1, 0.15) is 5.69 Å². The minimum atomic E-state index is 0.707. The maximum Gasteiger partial charge on any atom is 0.102 e. The molecule has 90 valence electrons. The van der Waals surface area contributed by atoms with Gasteiger partial charge >= 0.3 is 0 Å². The Hall–Kier alpha value is -1.84. The molecular weight excluding hydrogens is 212 g/mol. The van der Waals surface area contributed by atoms with Gasteiger partial charge in [-0.3, -0.25) is 4.68 Å². The van der Waals surface area contributed by atoms with Crippen molar-refractivity contribution in [2.75, 3.05) is 5.32 Å². The Morgan fingerprint density at radius 2 is 1.82 bits per heavy atom. The number of rotatable bonds is 3. The van der Waals surface area contributed by atoms with Gasteiger partial charge in [0, 0.05) is 18.9 Å². The molecule has 0 aliphatic heterocycles. The van der Waals surface area contributed by atoms with E-state index in [9.17, 15) is 0 Å². The molecule has 4 heteroatoms. The summed E-state index contributed by atoms with van der Waals surface area (Å²) in [4.78, 5) is 0. The molecule has 0 aliphatic carbocycles. The second-order valence-electron chi connectivity index (χ2n) is 4.51. The van der Waals surface area contributed by atoms with Crippen LogP contribution in [0, 0.1) is 20.8 Å². The number of nitrogens with zero attached hydrogens (tertiary/aromatic N) is 3. The highest BCUT2D eigenvalue weighted by atomic mass is 15.4. The summed E-state index contributed by atoms with van der Waals surface area (Å²) in [7, 11) is 1.87. The van der Waals surface area contributed by atoms with Crippen molar-refractivity contribution in [2.24, 2.45) is 7.05 Å². The molecule has 0 saturated carbocycles. The largest absolute Gasteiger partial charge is 0.379 e. The van der Waals surface area contributed by atoms with Gasteiger partial charge in [0.2, 0.25) is 0 Å². The van der Waals surface area contributed by atoms with Crippen molar-refractivity contribution < 1.29 is 0 Å². The van der Waals surface area contributed by atoms with Gasteiger partial charge in [0.05, 0.1) is 6.54 Å². The molecule has 0 unspecified atom stereocenters. The van der Waals surface area contributed by atoms with Gasteiger partial charge in [-0.05, 0) is 31.9 Å². The molecule has 0 atom stereocenters. The molecule has 2 aromatic rings. The summed E-state index contributed by atoms with van der Waals surface area (Å²) in [6, 6.07) is 4.37. The van der Waals surface area contributed by atoms with Crippen LogP contribution in [0.1, 0.15) is 22.4 Å². The first-order valence-corrected chi connectivity index (χ1v) is 5.73. The van der Waals surface area contributed by atoms with Crippen molar-refractivity contribution in [1.82, 2.24) is 15.0 Å². The highest BCUT2D eigenvalue weighted by Crippen LogP contribution is 2.22. The Bertz CT molecular complexity index is 505. The molecule has 0 aliphatic rings. The number of hydrogen-bond acceptors (Lipinski definition) is 3. The van der Waals surface area contributed by atoms with Gasteiger partial charge in [0.25, 0.3) is 0 Å². The summed E-state index contributed by atoms with van der Waals surface area (Å²) in [6.45, 7) is 7.07. The fourth-order valence-corrected chi connectivity index (χ4v) is 2.11. The van der Waals surface area contributed by atoms with E-state index in [1.54, 1.807) is 4.68 Å². The number of aryl methyl sites for hydroxylation is 4. The molecule has 0 bridgehead atoms. The van der Waals surface area contributed by atoms with E-state index in [1.165, 1.54) is 22.4 Å². The van der Waals surface area contributed by atoms with E-state index >= 15 is 0 Å². The van der Waals surface area contributed by atoms with Gasteiger partial charge in [-0.1, -0.05) is 22.9 Å². The molecule has 1 aromatic heterocycles. The summed E-state index contributed by atoms with van der Waals surface area (Å²) >= 11 is 0. The Balaban J connectivity index is 2.14. The monoisotopic (exact) mass is 230 g/mol. The van der Waals surface area contributed by atoms with E-state index in [0.717, 1.165) is 5.69 Å². The van der Waals surface area contributed by atoms with Crippen LogP contribution in [0.4, 0.5) is 5.69 Å². The molecule has 0 saturated heterocycles. The minimum Gasteiger partial charge on any atom is -0.379 e. The molecule has 2 rings (SSSR count). The van der Waals surface area contributed by atoms with Crippen LogP contribution < -0.4 is 5.32 Å². The predicted molar refractivity (Wildman–Crippen MR) is 69.0 cm³/mol. The van der Waals surface area contributed by atoms with Crippen LogP contribution in [0.3, 0.4) is 0 Å². The second-order valence-corrected chi connectivity index (χ2v) is 4.51. The lowest BCUT2D eigenvalue weighted by Gasteiger charge is -2.12. The number of benzene rings is 1. The minimum absolute atomic E-state index is 0.707. The summed E-state index contributed by atoms with van der Waals surface area (Å²) < 4.78 is 1.71. The third-order valence-corrected chi connectivity index (χ3v) is 2.77. The number of aromatic nitrogens is 3. The lowest BCUT2D eigenvalue weighted by Crippen LogP contribution is -2.03. The fraction of sp³-hybridized carbons (Fsp3) is 0.385. The molecule has 0 amide bonds. The first-order chi connectivity index (χ1) is 8.06. The lowest BCUT2D eigenvalue weighted by atomic mass is 10.1. The molecular formula is C13H18N4. The van der Waals surface area contributed by atoms with Crippen molar-refractivity contribution in [3.05, 3.63) is 40.7 Å². The SMILES string of the molecule is Cc1cc(C)c(NCc2cn(C)nn2)c(C)c1. The van der Waals surface area contributed by atoms with E-state index in [2.05, 4.69) is 48.5 Å². The molecule has 0 radical (unpaired) electrons. The van der Waals surface area contributed by atoms with Gasteiger partial charge in [-0.15, -0.1) is 5.10 Å². The van der Waals surface area contributed by atoms with E-state index in [4.69, 9.17) is 0 Å². The molecule has 17 heavy (non-hydrogen) atoms. The fourth-order valence-electron chi connectivity index (χ4n) is 2.11. The average molecular weight is 230 g/mol. The Kier molecular flexibility index (Phi) is 3.13. The van der Waals surface area contributed by atoms with Crippen LogP contribution >= 0.6 is 0 Å². The van der Waals surface area contributed by atoms with Crippen LogP contribution in [0.25, 0.3) is 0 Å². The first kappa shape index (κ1) is 11.6. The highest BCUT2D eigenvalue weighted by molar-refractivity contribution is 5.58. The Labute approximate surface area is 102 Å². The smallest absolute Gasteiger partial charge is 0.102 e. The molecule has 1 N–H and O–H groups in total. The highest BCUT2D eigenvalue weighted by Gasteiger charge is 2.04. The van der Waals surface area contributed by atoms with Gasteiger partial charge in [-0.2, -0.15) is 0 Å². The Morgan fingerprint density at radius 1 is 1.18 bits per heavy atom. The van der Waals surface area contributed by atoms with Crippen LogP contribution in [0.5, 0.6) is 0 Å². The topological polar surface area (TPSA) is 42.7 Å². The normalized spacial score (nSPS) is 10.6. The average Bonchev–Trinajstić information content (AvgIpc) is 2.62. The summed E-state index contributed by atoms with van der Waals surface area (Å²) in [5.41, 5.74) is 5.98. The maximum atomic E-state index is 4.06. The molecule has 1 heterocycles. The third kappa shape index (κ3) is 2.64. The summed E-state index contributed by atoms with van der Waals surface area (Å²) in [5.74, 6) is 0. The predicted octanol–water partition coefficient (Wildman–Crippen LogP) is 2.35. The van der Waals surface area contributed by atoms with E-state index < -0.39 is 0 Å². The van der Waals surface area contributed by atoms with Gasteiger partial charge in [-0.25, -0.2) is 0 Å².